The molecule has 0 saturated heterocycles. The molecular formula is C11H24N2O2. The van der Waals surface area contributed by atoms with Crippen LogP contribution in [0.3, 0.4) is 0 Å². The van der Waals surface area contributed by atoms with Gasteiger partial charge < -0.3 is 15.7 Å². The fraction of sp³-hybridized carbons (Fsp3) is 0.909. The van der Waals surface area contributed by atoms with Crippen molar-refractivity contribution in [2.24, 2.45) is 11.1 Å². The molecule has 0 aliphatic rings. The summed E-state index contributed by atoms with van der Waals surface area (Å²) < 4.78 is 0. The van der Waals surface area contributed by atoms with Gasteiger partial charge in [0.1, 0.15) is 0 Å². The second kappa shape index (κ2) is 4.94. The summed E-state index contributed by atoms with van der Waals surface area (Å²) >= 11 is 0. The van der Waals surface area contributed by atoms with Gasteiger partial charge in [-0.2, -0.15) is 0 Å². The Kier molecular flexibility index (Phi) is 4.74. The predicted octanol–water partition coefficient (Wildman–Crippen LogP) is 0.591. The van der Waals surface area contributed by atoms with E-state index in [0.29, 0.717) is 19.5 Å². The summed E-state index contributed by atoms with van der Waals surface area (Å²) in [7, 11) is 1.70. The molecule has 0 rings (SSSR count). The lowest BCUT2D eigenvalue weighted by Gasteiger charge is -2.33. The average Bonchev–Trinajstić information content (AvgIpc) is 2.12. The van der Waals surface area contributed by atoms with E-state index in [1.807, 2.05) is 13.8 Å². The Morgan fingerprint density at radius 3 is 2.13 bits per heavy atom. The quantitative estimate of drug-likeness (QED) is 0.707. The maximum Gasteiger partial charge on any atom is 0.229 e. The first-order chi connectivity index (χ1) is 6.66. The zero-order valence-electron chi connectivity index (χ0n) is 10.5. The molecule has 4 heteroatoms. The molecule has 1 unspecified atom stereocenters. The Bertz CT molecular complexity index is 217. The second-order valence-corrected chi connectivity index (χ2v) is 5.09. The Morgan fingerprint density at radius 2 is 1.87 bits per heavy atom. The van der Waals surface area contributed by atoms with Crippen LogP contribution >= 0.6 is 0 Å². The molecular weight excluding hydrogens is 192 g/mol. The van der Waals surface area contributed by atoms with Crippen LogP contribution in [0, 0.1) is 5.41 Å². The van der Waals surface area contributed by atoms with Gasteiger partial charge in [0.05, 0.1) is 11.0 Å². The van der Waals surface area contributed by atoms with E-state index in [-0.39, 0.29) is 5.91 Å². The number of hydrogen-bond donors (Lipinski definition) is 2. The number of amides is 1. The monoisotopic (exact) mass is 216 g/mol. The van der Waals surface area contributed by atoms with Crippen molar-refractivity contribution in [3.05, 3.63) is 0 Å². The van der Waals surface area contributed by atoms with Crippen LogP contribution in [0.1, 0.15) is 34.1 Å². The molecule has 0 aromatic heterocycles. The van der Waals surface area contributed by atoms with Gasteiger partial charge in [-0.1, -0.05) is 6.92 Å². The van der Waals surface area contributed by atoms with Crippen LogP contribution < -0.4 is 5.73 Å². The van der Waals surface area contributed by atoms with Gasteiger partial charge in [-0.25, -0.2) is 0 Å². The lowest BCUT2D eigenvalue weighted by atomic mass is 9.86. The lowest BCUT2D eigenvalue weighted by Crippen LogP contribution is -2.48. The molecule has 0 aromatic rings. The van der Waals surface area contributed by atoms with Crippen LogP contribution in [0.4, 0.5) is 0 Å². The van der Waals surface area contributed by atoms with Crippen molar-refractivity contribution in [1.82, 2.24) is 4.90 Å². The summed E-state index contributed by atoms with van der Waals surface area (Å²) in [6, 6.07) is 0. The molecule has 4 nitrogen and oxygen atoms in total. The highest BCUT2D eigenvalue weighted by molar-refractivity contribution is 5.82. The van der Waals surface area contributed by atoms with Crippen molar-refractivity contribution in [2.75, 3.05) is 20.1 Å². The molecule has 0 spiro atoms. The van der Waals surface area contributed by atoms with Gasteiger partial charge in [0.15, 0.2) is 0 Å². The normalized spacial score (nSPS) is 15.9. The van der Waals surface area contributed by atoms with E-state index in [9.17, 15) is 9.90 Å². The van der Waals surface area contributed by atoms with Gasteiger partial charge >= 0.3 is 0 Å². The standard InChI is InChI=1S/C11H24N2O2/c1-6-11(4,7-12)9(14)13(5)8-10(2,3)15/h15H,6-8,12H2,1-5H3. The summed E-state index contributed by atoms with van der Waals surface area (Å²) in [5, 5.41) is 9.62. The third kappa shape index (κ3) is 4.18. The number of carbonyl (C=O) groups is 1. The van der Waals surface area contributed by atoms with Gasteiger partial charge in [-0.3, -0.25) is 4.79 Å². The SMILES string of the molecule is CCC(C)(CN)C(=O)N(C)CC(C)(C)O. The highest BCUT2D eigenvalue weighted by atomic mass is 16.3. The minimum absolute atomic E-state index is 0.00498. The summed E-state index contributed by atoms with van der Waals surface area (Å²) in [6.07, 6.45) is 0.707. The van der Waals surface area contributed by atoms with Crippen molar-refractivity contribution < 1.29 is 9.90 Å². The maximum absolute atomic E-state index is 12.0. The maximum atomic E-state index is 12.0. The van der Waals surface area contributed by atoms with Gasteiger partial charge in [-0.05, 0) is 27.2 Å². The number of carbonyl (C=O) groups excluding carboxylic acids is 1. The van der Waals surface area contributed by atoms with Crippen molar-refractivity contribution >= 4 is 5.91 Å². The topological polar surface area (TPSA) is 66.6 Å². The molecule has 0 fully saturated rings. The van der Waals surface area contributed by atoms with Crippen molar-refractivity contribution in [3.63, 3.8) is 0 Å². The lowest BCUT2D eigenvalue weighted by molar-refractivity contribution is -0.142. The van der Waals surface area contributed by atoms with Crippen LogP contribution in [-0.2, 0) is 4.79 Å². The number of hydrogen-bond acceptors (Lipinski definition) is 3. The number of nitrogens with two attached hydrogens (primary N) is 1. The third-order valence-electron chi connectivity index (χ3n) is 2.72. The Morgan fingerprint density at radius 1 is 1.40 bits per heavy atom. The van der Waals surface area contributed by atoms with E-state index in [2.05, 4.69) is 0 Å². The van der Waals surface area contributed by atoms with Crippen LogP contribution in [0.25, 0.3) is 0 Å². The number of nitrogens with zero attached hydrogens (tertiary/aromatic N) is 1. The molecule has 3 N–H and O–H groups in total. The average molecular weight is 216 g/mol. The van der Waals surface area contributed by atoms with Gasteiger partial charge in [0.2, 0.25) is 5.91 Å². The van der Waals surface area contributed by atoms with E-state index in [1.54, 1.807) is 25.8 Å². The molecule has 0 saturated carbocycles. The summed E-state index contributed by atoms with van der Waals surface area (Å²) in [6.45, 7) is 7.82. The van der Waals surface area contributed by atoms with E-state index < -0.39 is 11.0 Å². The minimum atomic E-state index is -0.867. The van der Waals surface area contributed by atoms with Crippen LogP contribution in [0.15, 0.2) is 0 Å². The molecule has 0 aromatic carbocycles. The van der Waals surface area contributed by atoms with E-state index in [4.69, 9.17) is 5.73 Å². The molecule has 0 aliphatic heterocycles. The number of aliphatic hydroxyl groups is 1. The summed E-state index contributed by atoms with van der Waals surface area (Å²) in [5.74, 6) is -0.00498. The molecule has 15 heavy (non-hydrogen) atoms. The van der Waals surface area contributed by atoms with E-state index >= 15 is 0 Å². The summed E-state index contributed by atoms with van der Waals surface area (Å²) in [5.41, 5.74) is 4.23. The molecule has 0 bridgehead atoms. The van der Waals surface area contributed by atoms with Crippen molar-refractivity contribution in [3.8, 4) is 0 Å². The van der Waals surface area contributed by atoms with E-state index in [1.165, 1.54) is 0 Å². The largest absolute Gasteiger partial charge is 0.389 e. The molecule has 90 valence electrons. The molecule has 0 heterocycles. The zero-order chi connectivity index (χ0) is 12.3. The smallest absolute Gasteiger partial charge is 0.229 e. The van der Waals surface area contributed by atoms with Gasteiger partial charge in [-0.15, -0.1) is 0 Å². The fourth-order valence-electron chi connectivity index (χ4n) is 1.50. The second-order valence-electron chi connectivity index (χ2n) is 5.09. The Hall–Kier alpha value is -0.610. The highest BCUT2D eigenvalue weighted by Gasteiger charge is 2.33. The van der Waals surface area contributed by atoms with E-state index in [0.717, 1.165) is 0 Å². The first-order valence-corrected chi connectivity index (χ1v) is 5.34. The minimum Gasteiger partial charge on any atom is -0.389 e. The molecule has 1 amide bonds. The first-order valence-electron chi connectivity index (χ1n) is 5.34. The first kappa shape index (κ1) is 14.4. The fourth-order valence-corrected chi connectivity index (χ4v) is 1.50. The van der Waals surface area contributed by atoms with Crippen LogP contribution in [0.2, 0.25) is 0 Å². The van der Waals surface area contributed by atoms with Crippen LogP contribution in [0.5, 0.6) is 0 Å². The van der Waals surface area contributed by atoms with Crippen LogP contribution in [-0.4, -0.2) is 41.7 Å². The van der Waals surface area contributed by atoms with Gasteiger partial charge in [0.25, 0.3) is 0 Å². The van der Waals surface area contributed by atoms with Gasteiger partial charge in [0, 0.05) is 20.1 Å². The Labute approximate surface area is 92.4 Å². The predicted molar refractivity (Wildman–Crippen MR) is 61.4 cm³/mol. The summed E-state index contributed by atoms with van der Waals surface area (Å²) in [4.78, 5) is 13.6. The van der Waals surface area contributed by atoms with Crippen molar-refractivity contribution in [2.45, 2.75) is 39.7 Å². The Balaban J connectivity index is 4.57. The molecule has 0 radical (unpaired) electrons. The third-order valence-corrected chi connectivity index (χ3v) is 2.72. The zero-order valence-corrected chi connectivity index (χ0v) is 10.5. The highest BCUT2D eigenvalue weighted by Crippen LogP contribution is 2.22. The molecule has 0 aliphatic carbocycles. The number of likely N-dealkylation sites (N-methyl/N-ethyl adjacent to an activating group) is 1. The van der Waals surface area contributed by atoms with Crippen molar-refractivity contribution in [1.29, 1.82) is 0 Å². The number of rotatable bonds is 5. The molecule has 1 atom stereocenters.